The van der Waals surface area contributed by atoms with Crippen LogP contribution in [0.3, 0.4) is 0 Å². The maximum atomic E-state index is 12.8. The van der Waals surface area contributed by atoms with E-state index in [4.69, 9.17) is 0 Å². The molecule has 0 spiro atoms. The molecule has 2 aromatic heterocycles. The van der Waals surface area contributed by atoms with Crippen molar-refractivity contribution >= 4 is 32.7 Å². The standard InChI is InChI=1S/C24H23N5O3S/c30-24(19-7-4-10-21(16-19)33(31,32)29-13-1-2-14-29)26-22-11-15-28(27-22)17-20-8-3-6-18-9-5-12-25-23(18)20/h3-12,15-16H,1-2,13-14,17H2,(H,26,27,30). The highest BCUT2D eigenvalue weighted by atomic mass is 32.2. The van der Waals surface area contributed by atoms with Crippen LogP contribution in [0.5, 0.6) is 0 Å². The molecule has 4 aromatic rings. The van der Waals surface area contributed by atoms with Gasteiger partial charge in [0.2, 0.25) is 10.0 Å². The first-order chi connectivity index (χ1) is 16.0. The predicted molar refractivity (Wildman–Crippen MR) is 125 cm³/mol. The minimum absolute atomic E-state index is 0.131. The summed E-state index contributed by atoms with van der Waals surface area (Å²) in [5.74, 6) is -0.0217. The minimum atomic E-state index is -3.59. The quantitative estimate of drug-likeness (QED) is 0.474. The zero-order valence-electron chi connectivity index (χ0n) is 17.9. The number of hydrogen-bond acceptors (Lipinski definition) is 5. The number of fused-ring (bicyclic) bond motifs is 1. The largest absolute Gasteiger partial charge is 0.305 e. The molecule has 0 aliphatic carbocycles. The van der Waals surface area contributed by atoms with Crippen LogP contribution in [0.1, 0.15) is 28.8 Å². The van der Waals surface area contributed by atoms with Crippen molar-refractivity contribution in [3.8, 4) is 0 Å². The second kappa shape index (κ2) is 8.76. The molecule has 3 heterocycles. The van der Waals surface area contributed by atoms with Gasteiger partial charge in [0.05, 0.1) is 17.0 Å². The molecule has 0 unspecified atom stereocenters. The number of pyridine rings is 1. The van der Waals surface area contributed by atoms with Gasteiger partial charge in [0, 0.05) is 42.5 Å². The average molecular weight is 462 g/mol. The molecule has 1 aliphatic rings. The Morgan fingerprint density at radius 2 is 1.79 bits per heavy atom. The highest BCUT2D eigenvalue weighted by Crippen LogP contribution is 2.22. The number of anilines is 1. The summed E-state index contributed by atoms with van der Waals surface area (Å²) >= 11 is 0. The van der Waals surface area contributed by atoms with Crippen LogP contribution in [0.4, 0.5) is 5.82 Å². The molecule has 1 saturated heterocycles. The van der Waals surface area contributed by atoms with Crippen LogP contribution in [0.2, 0.25) is 0 Å². The summed E-state index contributed by atoms with van der Waals surface area (Å²) in [4.78, 5) is 17.4. The molecule has 2 aromatic carbocycles. The minimum Gasteiger partial charge on any atom is -0.305 e. The van der Waals surface area contributed by atoms with E-state index >= 15 is 0 Å². The highest BCUT2D eigenvalue weighted by molar-refractivity contribution is 7.89. The van der Waals surface area contributed by atoms with Gasteiger partial charge in [0.25, 0.3) is 5.91 Å². The molecular weight excluding hydrogens is 438 g/mol. The van der Waals surface area contributed by atoms with E-state index < -0.39 is 15.9 Å². The maximum Gasteiger partial charge on any atom is 0.256 e. The van der Waals surface area contributed by atoms with Gasteiger partial charge in [-0.1, -0.05) is 30.3 Å². The number of carbonyl (C=O) groups is 1. The molecule has 0 bridgehead atoms. The van der Waals surface area contributed by atoms with Gasteiger partial charge in [-0.3, -0.25) is 14.5 Å². The summed E-state index contributed by atoms with van der Waals surface area (Å²) in [6, 6.07) is 17.7. The van der Waals surface area contributed by atoms with Gasteiger partial charge in [0.1, 0.15) is 0 Å². The summed E-state index contributed by atoms with van der Waals surface area (Å²) in [5.41, 5.74) is 2.20. The number of amides is 1. The van der Waals surface area contributed by atoms with Crippen LogP contribution >= 0.6 is 0 Å². The van der Waals surface area contributed by atoms with E-state index in [0.29, 0.717) is 25.5 Å². The summed E-state index contributed by atoms with van der Waals surface area (Å²) in [7, 11) is -3.59. The fourth-order valence-electron chi connectivity index (χ4n) is 4.05. The Labute approximate surface area is 191 Å². The van der Waals surface area contributed by atoms with Crippen LogP contribution in [0.15, 0.2) is 78.0 Å². The molecule has 1 fully saturated rings. The van der Waals surface area contributed by atoms with E-state index in [0.717, 1.165) is 29.3 Å². The van der Waals surface area contributed by atoms with Gasteiger partial charge in [-0.25, -0.2) is 8.42 Å². The third kappa shape index (κ3) is 4.37. The molecule has 168 valence electrons. The van der Waals surface area contributed by atoms with Crippen LogP contribution in [0, 0.1) is 0 Å². The van der Waals surface area contributed by atoms with Gasteiger partial charge in [-0.05, 0) is 42.7 Å². The number of nitrogens with zero attached hydrogens (tertiary/aromatic N) is 4. The van der Waals surface area contributed by atoms with Crippen molar-refractivity contribution in [2.75, 3.05) is 18.4 Å². The fourth-order valence-corrected chi connectivity index (χ4v) is 5.61. The Bertz CT molecular complexity index is 1420. The number of aromatic nitrogens is 3. The SMILES string of the molecule is O=C(Nc1ccn(Cc2cccc3cccnc23)n1)c1cccc(S(=O)(=O)N2CCCC2)c1. The summed E-state index contributed by atoms with van der Waals surface area (Å²) in [5, 5.41) is 8.25. The first kappa shape index (κ1) is 21.3. The smallest absolute Gasteiger partial charge is 0.256 e. The fraction of sp³-hybridized carbons (Fsp3) is 0.208. The number of hydrogen-bond donors (Lipinski definition) is 1. The van der Waals surface area contributed by atoms with Crippen molar-refractivity contribution in [2.24, 2.45) is 0 Å². The highest BCUT2D eigenvalue weighted by Gasteiger charge is 2.27. The molecule has 1 amide bonds. The molecule has 0 radical (unpaired) electrons. The second-order valence-corrected chi connectivity index (χ2v) is 9.92. The van der Waals surface area contributed by atoms with Crippen molar-refractivity contribution in [3.05, 3.63) is 84.2 Å². The van der Waals surface area contributed by atoms with Gasteiger partial charge >= 0.3 is 0 Å². The van der Waals surface area contributed by atoms with Crippen molar-refractivity contribution in [1.29, 1.82) is 0 Å². The maximum absolute atomic E-state index is 12.8. The molecule has 1 N–H and O–H groups in total. The third-order valence-electron chi connectivity index (χ3n) is 5.73. The Morgan fingerprint density at radius 3 is 2.64 bits per heavy atom. The lowest BCUT2D eigenvalue weighted by molar-refractivity contribution is 0.102. The normalized spacial score (nSPS) is 14.5. The van der Waals surface area contributed by atoms with Crippen molar-refractivity contribution < 1.29 is 13.2 Å². The number of para-hydroxylation sites is 1. The molecule has 9 heteroatoms. The molecular formula is C24H23N5O3S. The predicted octanol–water partition coefficient (Wildman–Crippen LogP) is 3.52. The number of carbonyl (C=O) groups excluding carboxylic acids is 1. The summed E-state index contributed by atoms with van der Waals surface area (Å²) < 4.78 is 28.8. The van der Waals surface area contributed by atoms with Crippen LogP contribution in [-0.4, -0.2) is 46.5 Å². The molecule has 1 aliphatic heterocycles. The van der Waals surface area contributed by atoms with Crippen LogP contribution in [0.25, 0.3) is 10.9 Å². The van der Waals surface area contributed by atoms with E-state index in [2.05, 4.69) is 15.4 Å². The molecule has 5 rings (SSSR count). The molecule has 8 nitrogen and oxygen atoms in total. The topological polar surface area (TPSA) is 97.2 Å². The molecule has 0 saturated carbocycles. The lowest BCUT2D eigenvalue weighted by atomic mass is 10.1. The van der Waals surface area contributed by atoms with E-state index in [9.17, 15) is 13.2 Å². The number of rotatable bonds is 6. The van der Waals surface area contributed by atoms with Gasteiger partial charge in [-0.15, -0.1) is 0 Å². The van der Waals surface area contributed by atoms with Crippen molar-refractivity contribution in [1.82, 2.24) is 19.1 Å². The van der Waals surface area contributed by atoms with E-state index in [1.54, 1.807) is 35.3 Å². The van der Waals surface area contributed by atoms with Crippen LogP contribution in [-0.2, 0) is 16.6 Å². The van der Waals surface area contributed by atoms with Crippen LogP contribution < -0.4 is 5.32 Å². The first-order valence-electron chi connectivity index (χ1n) is 10.8. The zero-order chi connectivity index (χ0) is 22.8. The third-order valence-corrected chi connectivity index (χ3v) is 7.62. The molecule has 33 heavy (non-hydrogen) atoms. The zero-order valence-corrected chi connectivity index (χ0v) is 18.7. The number of sulfonamides is 1. The van der Waals surface area contributed by atoms with E-state index in [-0.39, 0.29) is 10.5 Å². The first-order valence-corrected chi connectivity index (χ1v) is 12.2. The Kier molecular flexibility index (Phi) is 5.65. The number of benzene rings is 2. The van der Waals surface area contributed by atoms with Gasteiger partial charge in [-0.2, -0.15) is 9.40 Å². The van der Waals surface area contributed by atoms with Crippen molar-refractivity contribution in [3.63, 3.8) is 0 Å². The van der Waals surface area contributed by atoms with Gasteiger partial charge < -0.3 is 5.32 Å². The Morgan fingerprint density at radius 1 is 1.00 bits per heavy atom. The van der Waals surface area contributed by atoms with E-state index in [1.165, 1.54) is 16.4 Å². The summed E-state index contributed by atoms with van der Waals surface area (Å²) in [6.45, 7) is 1.54. The average Bonchev–Trinajstić information content (AvgIpc) is 3.52. The Balaban J connectivity index is 1.31. The van der Waals surface area contributed by atoms with E-state index in [1.807, 2.05) is 30.3 Å². The molecule has 0 atom stereocenters. The number of nitrogens with one attached hydrogen (secondary N) is 1. The Hall–Kier alpha value is -3.56. The van der Waals surface area contributed by atoms with Gasteiger partial charge in [0.15, 0.2) is 5.82 Å². The lowest BCUT2D eigenvalue weighted by Gasteiger charge is -2.15. The second-order valence-electron chi connectivity index (χ2n) is 7.98. The monoisotopic (exact) mass is 461 g/mol. The summed E-state index contributed by atoms with van der Waals surface area (Å²) in [6.07, 6.45) is 5.26. The van der Waals surface area contributed by atoms with Crippen molar-refractivity contribution in [2.45, 2.75) is 24.3 Å². The lowest BCUT2D eigenvalue weighted by Crippen LogP contribution is -2.28.